The van der Waals surface area contributed by atoms with Gasteiger partial charge in [-0.3, -0.25) is 4.99 Å². The van der Waals surface area contributed by atoms with Crippen LogP contribution in [0.3, 0.4) is 0 Å². The lowest BCUT2D eigenvalue weighted by Gasteiger charge is -2.38. The van der Waals surface area contributed by atoms with Crippen molar-refractivity contribution in [1.29, 1.82) is 0 Å². The molecule has 0 aromatic carbocycles. The van der Waals surface area contributed by atoms with Crippen molar-refractivity contribution in [3.63, 3.8) is 0 Å². The van der Waals surface area contributed by atoms with Gasteiger partial charge in [0, 0.05) is 38.6 Å². The zero-order valence-corrected chi connectivity index (χ0v) is 16.7. The zero-order valence-electron chi connectivity index (χ0n) is 16.7. The lowest BCUT2D eigenvalue weighted by Crippen LogP contribution is -2.46. The van der Waals surface area contributed by atoms with Gasteiger partial charge in [-0.2, -0.15) is 0 Å². The van der Waals surface area contributed by atoms with Crippen molar-refractivity contribution in [3.05, 3.63) is 23.9 Å². The lowest BCUT2D eigenvalue weighted by atomic mass is 9.86. The second-order valence-electron chi connectivity index (χ2n) is 8.52. The molecule has 0 radical (unpaired) electrons. The van der Waals surface area contributed by atoms with Gasteiger partial charge in [0.15, 0.2) is 0 Å². The predicted octanol–water partition coefficient (Wildman–Crippen LogP) is 2.79. The normalized spacial score (nSPS) is 29.9. The molecule has 1 N–H and O–H groups in total. The molecule has 3 rings (SSSR count). The highest BCUT2D eigenvalue weighted by Crippen LogP contribution is 2.34. The smallest absolute Gasteiger partial charge is 0.337 e. The fraction of sp³-hybridized carbons (Fsp3) is 0.714. The molecule has 0 aromatic rings. The second kappa shape index (κ2) is 8.67. The molecule has 2 atom stereocenters. The van der Waals surface area contributed by atoms with Crippen LogP contribution in [-0.2, 0) is 19.0 Å². The molecule has 150 valence electrons. The van der Waals surface area contributed by atoms with Gasteiger partial charge in [0.25, 0.3) is 0 Å². The summed E-state index contributed by atoms with van der Waals surface area (Å²) in [6.45, 7) is 8.87. The van der Waals surface area contributed by atoms with E-state index < -0.39 is 11.2 Å². The summed E-state index contributed by atoms with van der Waals surface area (Å²) in [6.07, 6.45) is 10.8. The molecule has 3 aliphatic heterocycles. The third kappa shape index (κ3) is 5.50. The van der Waals surface area contributed by atoms with Gasteiger partial charge in [0.05, 0.1) is 11.7 Å². The van der Waals surface area contributed by atoms with Crippen LogP contribution in [0.15, 0.2) is 28.9 Å². The van der Waals surface area contributed by atoms with E-state index in [9.17, 15) is 4.79 Å². The highest BCUT2D eigenvalue weighted by atomic mass is 16.6. The number of hydrogen-bond acceptors (Lipinski definition) is 6. The van der Waals surface area contributed by atoms with Crippen molar-refractivity contribution in [3.8, 4) is 0 Å². The number of aliphatic imine (C=N–C) groups is 1. The average Bonchev–Trinajstić information content (AvgIpc) is 3.13. The van der Waals surface area contributed by atoms with Gasteiger partial charge in [0.1, 0.15) is 11.2 Å². The lowest BCUT2D eigenvalue weighted by molar-refractivity contribution is -0.154. The molecule has 2 fully saturated rings. The number of nitrogens with one attached hydrogen (secondary N) is 1. The van der Waals surface area contributed by atoms with Crippen LogP contribution in [0.2, 0.25) is 0 Å². The fourth-order valence-electron chi connectivity index (χ4n) is 3.69. The number of carbonyl (C=O) groups excluding carboxylic acids is 1. The summed E-state index contributed by atoms with van der Waals surface area (Å²) in [5, 5.41) is 3.36. The standard InChI is InChI=1S/C21H32N2O4/c1-20(2,3)27-19(24)18(13-16-5-10-22-14-16)21(8-4-9-23-15-21)26-17-6-11-25-12-7-17/h4,9,13,15-17,22H,5-8,10-12,14H2,1-3H3/b18-13-/t16?,21-/m0/s1. The number of hydrogen-bond donors (Lipinski definition) is 1. The number of esters is 1. The zero-order chi connectivity index (χ0) is 19.3. The fourth-order valence-corrected chi connectivity index (χ4v) is 3.69. The molecular formula is C21H32N2O4. The van der Waals surface area contributed by atoms with Crippen LogP contribution < -0.4 is 5.32 Å². The number of carbonyl (C=O) groups is 1. The van der Waals surface area contributed by atoms with E-state index in [-0.39, 0.29) is 12.1 Å². The summed E-state index contributed by atoms with van der Waals surface area (Å²) >= 11 is 0. The molecule has 0 bridgehead atoms. The van der Waals surface area contributed by atoms with Crippen LogP contribution in [0.25, 0.3) is 0 Å². The minimum Gasteiger partial charge on any atom is -0.457 e. The molecule has 2 saturated heterocycles. The summed E-state index contributed by atoms with van der Waals surface area (Å²) in [5.41, 5.74) is -0.862. The first-order chi connectivity index (χ1) is 12.9. The first-order valence-corrected chi connectivity index (χ1v) is 9.99. The molecule has 3 heterocycles. The second-order valence-corrected chi connectivity index (χ2v) is 8.52. The van der Waals surface area contributed by atoms with E-state index in [1.54, 1.807) is 12.4 Å². The number of rotatable bonds is 5. The third-order valence-corrected chi connectivity index (χ3v) is 5.02. The number of nitrogens with zero attached hydrogens (tertiary/aromatic N) is 1. The molecule has 6 nitrogen and oxygen atoms in total. The largest absolute Gasteiger partial charge is 0.457 e. The Hall–Kier alpha value is -1.50. The van der Waals surface area contributed by atoms with Crippen molar-refractivity contribution in [2.24, 2.45) is 10.9 Å². The van der Waals surface area contributed by atoms with Gasteiger partial charge >= 0.3 is 5.97 Å². The molecule has 3 aliphatic rings. The summed E-state index contributed by atoms with van der Waals surface area (Å²) < 4.78 is 17.8. The Bertz CT molecular complexity index is 608. The molecule has 6 heteroatoms. The first kappa shape index (κ1) is 20.2. The average molecular weight is 376 g/mol. The van der Waals surface area contributed by atoms with E-state index in [4.69, 9.17) is 14.2 Å². The van der Waals surface area contributed by atoms with Crippen LogP contribution >= 0.6 is 0 Å². The van der Waals surface area contributed by atoms with Gasteiger partial charge < -0.3 is 19.5 Å². The maximum atomic E-state index is 13.2. The molecule has 0 saturated carbocycles. The van der Waals surface area contributed by atoms with Crippen molar-refractivity contribution in [1.82, 2.24) is 5.32 Å². The van der Waals surface area contributed by atoms with Crippen LogP contribution in [0.5, 0.6) is 0 Å². The Kier molecular flexibility index (Phi) is 6.50. The van der Waals surface area contributed by atoms with Crippen LogP contribution in [0, 0.1) is 5.92 Å². The minimum atomic E-state index is -0.873. The molecule has 27 heavy (non-hydrogen) atoms. The Morgan fingerprint density at radius 2 is 2.07 bits per heavy atom. The highest BCUT2D eigenvalue weighted by molar-refractivity contribution is 5.98. The van der Waals surface area contributed by atoms with Crippen molar-refractivity contribution in [2.75, 3.05) is 26.3 Å². The topological polar surface area (TPSA) is 69.2 Å². The minimum absolute atomic E-state index is 0.0456. The Balaban J connectivity index is 1.92. The summed E-state index contributed by atoms with van der Waals surface area (Å²) in [5.74, 6) is -0.0230. The molecular weight excluding hydrogens is 344 g/mol. The van der Waals surface area contributed by atoms with Gasteiger partial charge in [-0.1, -0.05) is 12.2 Å². The highest BCUT2D eigenvalue weighted by Gasteiger charge is 2.42. The molecule has 1 unspecified atom stereocenters. The molecule has 0 amide bonds. The van der Waals surface area contributed by atoms with Gasteiger partial charge in [0.2, 0.25) is 0 Å². The maximum absolute atomic E-state index is 13.2. The quantitative estimate of drug-likeness (QED) is 0.590. The third-order valence-electron chi connectivity index (χ3n) is 5.02. The van der Waals surface area contributed by atoms with E-state index in [1.165, 1.54) is 0 Å². The molecule has 0 aliphatic carbocycles. The van der Waals surface area contributed by atoms with Crippen LogP contribution in [0.4, 0.5) is 0 Å². The van der Waals surface area contributed by atoms with E-state index in [0.717, 1.165) is 32.4 Å². The SMILES string of the molecule is CC(C)(C)OC(=O)/C(=C/C1CCNC1)[C@@]1(OC2CCOCC2)C=NC=CC1. The monoisotopic (exact) mass is 376 g/mol. The Morgan fingerprint density at radius 1 is 1.30 bits per heavy atom. The van der Waals surface area contributed by atoms with Crippen LogP contribution in [-0.4, -0.2) is 55.8 Å². The Morgan fingerprint density at radius 3 is 2.67 bits per heavy atom. The number of ether oxygens (including phenoxy) is 3. The maximum Gasteiger partial charge on any atom is 0.337 e. The van der Waals surface area contributed by atoms with Gasteiger partial charge in [-0.05, 0) is 52.5 Å². The summed E-state index contributed by atoms with van der Waals surface area (Å²) in [6, 6.07) is 0. The van der Waals surface area contributed by atoms with Crippen LogP contribution in [0.1, 0.15) is 46.5 Å². The van der Waals surface area contributed by atoms with Gasteiger partial charge in [-0.25, -0.2) is 4.79 Å². The van der Waals surface area contributed by atoms with Crippen molar-refractivity contribution >= 4 is 12.2 Å². The van der Waals surface area contributed by atoms with E-state index >= 15 is 0 Å². The first-order valence-electron chi connectivity index (χ1n) is 9.99. The summed E-state index contributed by atoms with van der Waals surface area (Å²) in [7, 11) is 0. The van der Waals surface area contributed by atoms with Crippen molar-refractivity contribution in [2.45, 2.75) is 63.8 Å². The summed E-state index contributed by atoms with van der Waals surface area (Å²) in [4.78, 5) is 17.5. The predicted molar refractivity (Wildman–Crippen MR) is 105 cm³/mol. The van der Waals surface area contributed by atoms with E-state index in [1.807, 2.05) is 26.8 Å². The van der Waals surface area contributed by atoms with E-state index in [2.05, 4.69) is 16.4 Å². The Labute approximate surface area is 162 Å². The molecule has 0 aromatic heterocycles. The van der Waals surface area contributed by atoms with E-state index in [0.29, 0.717) is 31.1 Å². The van der Waals surface area contributed by atoms with Gasteiger partial charge in [-0.15, -0.1) is 0 Å². The van der Waals surface area contributed by atoms with Crippen molar-refractivity contribution < 1.29 is 19.0 Å². The molecule has 0 spiro atoms.